The molecule has 0 fully saturated rings. The minimum Gasteiger partial charge on any atom is -0.465 e. The fourth-order valence-electron chi connectivity index (χ4n) is 1.86. The van der Waals surface area contributed by atoms with Gasteiger partial charge in [0.15, 0.2) is 0 Å². The molecule has 0 aliphatic carbocycles. The van der Waals surface area contributed by atoms with Crippen LogP contribution in [0.25, 0.3) is 0 Å². The predicted octanol–water partition coefficient (Wildman–Crippen LogP) is 2.48. The van der Waals surface area contributed by atoms with Gasteiger partial charge in [-0.25, -0.2) is 4.79 Å². The van der Waals surface area contributed by atoms with Gasteiger partial charge >= 0.3 is 5.97 Å². The first-order valence-corrected chi connectivity index (χ1v) is 7.19. The topological polar surface area (TPSA) is 81.4 Å². The maximum absolute atomic E-state index is 12.1. The Bertz CT molecular complexity index is 653. The van der Waals surface area contributed by atoms with E-state index in [2.05, 4.69) is 10.1 Å². The van der Waals surface area contributed by atoms with E-state index in [4.69, 9.17) is 5.73 Å². The van der Waals surface area contributed by atoms with Gasteiger partial charge < -0.3 is 15.8 Å². The number of amides is 1. The van der Waals surface area contributed by atoms with Crippen LogP contribution >= 0.6 is 11.3 Å². The van der Waals surface area contributed by atoms with Crippen LogP contribution in [0.1, 0.15) is 26.8 Å². The fraction of sp³-hybridized carbons (Fsp3) is 0.200. The van der Waals surface area contributed by atoms with Crippen LogP contribution in [0, 0.1) is 6.92 Å². The number of rotatable bonds is 4. The number of hydrogen-bond donors (Lipinski definition) is 2. The fourth-order valence-corrected chi connectivity index (χ4v) is 2.58. The molecule has 0 aliphatic heterocycles. The Morgan fingerprint density at radius 2 is 2.10 bits per heavy atom. The number of nitrogens with one attached hydrogen (secondary N) is 1. The van der Waals surface area contributed by atoms with E-state index in [1.807, 2.05) is 17.5 Å². The second-order valence-corrected chi connectivity index (χ2v) is 5.48. The number of benzene rings is 1. The van der Waals surface area contributed by atoms with Gasteiger partial charge in [-0.3, -0.25) is 4.79 Å². The third kappa shape index (κ3) is 3.48. The number of nitrogens with two attached hydrogens (primary N) is 1. The summed E-state index contributed by atoms with van der Waals surface area (Å²) in [6, 6.07) is 7.90. The second kappa shape index (κ2) is 6.51. The molecule has 0 saturated heterocycles. The largest absolute Gasteiger partial charge is 0.465 e. The molecule has 0 bridgehead atoms. The highest BCUT2D eigenvalue weighted by Crippen LogP contribution is 2.21. The van der Waals surface area contributed by atoms with E-state index in [-0.39, 0.29) is 5.91 Å². The first kappa shape index (κ1) is 15.2. The minimum atomic E-state index is -0.704. The van der Waals surface area contributed by atoms with Crippen molar-refractivity contribution in [1.29, 1.82) is 0 Å². The lowest BCUT2D eigenvalue weighted by molar-refractivity contribution is -0.117. The summed E-state index contributed by atoms with van der Waals surface area (Å²) in [5, 5.41) is 4.65. The molecule has 1 aromatic carbocycles. The first-order valence-electron chi connectivity index (χ1n) is 6.31. The Labute approximate surface area is 126 Å². The van der Waals surface area contributed by atoms with E-state index in [9.17, 15) is 9.59 Å². The number of anilines is 1. The van der Waals surface area contributed by atoms with Gasteiger partial charge in [0.05, 0.1) is 12.7 Å². The van der Waals surface area contributed by atoms with Crippen LogP contribution in [0.5, 0.6) is 0 Å². The van der Waals surface area contributed by atoms with Crippen LogP contribution in [0.15, 0.2) is 35.7 Å². The van der Waals surface area contributed by atoms with Crippen LogP contribution in [0.4, 0.5) is 5.69 Å². The molecule has 1 unspecified atom stereocenters. The molecule has 110 valence electrons. The van der Waals surface area contributed by atoms with Gasteiger partial charge in [0, 0.05) is 10.6 Å². The number of thiophene rings is 1. The molecular formula is C15H16N2O3S. The van der Waals surface area contributed by atoms with E-state index < -0.39 is 12.0 Å². The summed E-state index contributed by atoms with van der Waals surface area (Å²) < 4.78 is 4.65. The number of ether oxygens (including phenoxy) is 1. The average Bonchev–Trinajstić information content (AvgIpc) is 3.01. The molecule has 0 saturated carbocycles. The lowest BCUT2D eigenvalue weighted by Crippen LogP contribution is -2.27. The standard InChI is InChI=1S/C15H16N2O3S/c1-9-8-10(15(19)20-2)5-6-11(9)17-14(18)13(16)12-4-3-7-21-12/h3-8,13H,16H2,1-2H3,(H,17,18). The van der Waals surface area contributed by atoms with Crippen LogP contribution in [0.3, 0.4) is 0 Å². The zero-order chi connectivity index (χ0) is 15.4. The average molecular weight is 304 g/mol. The van der Waals surface area contributed by atoms with Crippen LogP contribution in [0.2, 0.25) is 0 Å². The minimum absolute atomic E-state index is 0.286. The summed E-state index contributed by atoms with van der Waals surface area (Å²) in [5.74, 6) is -0.697. The Morgan fingerprint density at radius 1 is 1.33 bits per heavy atom. The van der Waals surface area contributed by atoms with Gasteiger partial charge in [-0.1, -0.05) is 6.07 Å². The predicted molar refractivity (Wildman–Crippen MR) is 82.4 cm³/mol. The monoisotopic (exact) mass is 304 g/mol. The zero-order valence-corrected chi connectivity index (χ0v) is 12.6. The number of esters is 1. The summed E-state index contributed by atoms with van der Waals surface area (Å²) in [7, 11) is 1.33. The van der Waals surface area contributed by atoms with Crippen molar-refractivity contribution in [2.75, 3.05) is 12.4 Å². The van der Waals surface area contributed by atoms with Gasteiger partial charge in [0.25, 0.3) is 0 Å². The zero-order valence-electron chi connectivity index (χ0n) is 11.8. The molecule has 21 heavy (non-hydrogen) atoms. The van der Waals surface area contributed by atoms with Gasteiger partial charge in [-0.2, -0.15) is 0 Å². The molecule has 0 spiro atoms. The molecule has 1 heterocycles. The summed E-state index contributed by atoms with van der Waals surface area (Å²) >= 11 is 1.44. The number of carbonyl (C=O) groups excluding carboxylic acids is 2. The van der Waals surface area contributed by atoms with E-state index in [0.29, 0.717) is 11.3 Å². The van der Waals surface area contributed by atoms with Gasteiger partial charge in [0.2, 0.25) is 5.91 Å². The maximum atomic E-state index is 12.1. The van der Waals surface area contributed by atoms with Crippen molar-refractivity contribution in [3.8, 4) is 0 Å². The van der Waals surface area contributed by atoms with Crippen molar-refractivity contribution in [3.05, 3.63) is 51.7 Å². The van der Waals surface area contributed by atoms with Crippen molar-refractivity contribution in [2.24, 2.45) is 5.73 Å². The number of hydrogen-bond acceptors (Lipinski definition) is 5. The number of methoxy groups -OCH3 is 1. The van der Waals surface area contributed by atoms with Crippen LogP contribution < -0.4 is 11.1 Å². The molecule has 2 aromatic rings. The van der Waals surface area contributed by atoms with E-state index in [0.717, 1.165) is 10.4 Å². The molecule has 1 atom stereocenters. The third-order valence-electron chi connectivity index (χ3n) is 3.04. The molecule has 0 radical (unpaired) electrons. The molecule has 2 rings (SSSR count). The molecule has 3 N–H and O–H groups in total. The maximum Gasteiger partial charge on any atom is 0.337 e. The van der Waals surface area contributed by atoms with Crippen molar-refractivity contribution >= 4 is 28.9 Å². The number of aryl methyl sites for hydroxylation is 1. The highest BCUT2D eigenvalue weighted by molar-refractivity contribution is 7.10. The van der Waals surface area contributed by atoms with Crippen molar-refractivity contribution in [2.45, 2.75) is 13.0 Å². The first-order chi connectivity index (χ1) is 10.0. The molecule has 5 nitrogen and oxygen atoms in total. The Balaban J connectivity index is 2.13. The normalized spacial score (nSPS) is 11.8. The Hall–Kier alpha value is -2.18. The van der Waals surface area contributed by atoms with Gasteiger partial charge in [0.1, 0.15) is 6.04 Å². The molecule has 0 aliphatic rings. The van der Waals surface area contributed by atoms with Crippen molar-refractivity contribution in [3.63, 3.8) is 0 Å². The highest BCUT2D eigenvalue weighted by atomic mass is 32.1. The van der Waals surface area contributed by atoms with E-state index in [1.54, 1.807) is 25.1 Å². The van der Waals surface area contributed by atoms with Crippen molar-refractivity contribution in [1.82, 2.24) is 0 Å². The Kier molecular flexibility index (Phi) is 4.72. The second-order valence-electron chi connectivity index (χ2n) is 4.50. The van der Waals surface area contributed by atoms with Crippen molar-refractivity contribution < 1.29 is 14.3 Å². The summed E-state index contributed by atoms with van der Waals surface area (Å²) in [5.41, 5.74) is 7.74. The summed E-state index contributed by atoms with van der Waals surface area (Å²) in [4.78, 5) is 24.4. The van der Waals surface area contributed by atoms with Gasteiger partial charge in [-0.05, 0) is 42.1 Å². The lowest BCUT2D eigenvalue weighted by atomic mass is 10.1. The SMILES string of the molecule is COC(=O)c1ccc(NC(=O)C(N)c2cccs2)c(C)c1. The smallest absolute Gasteiger partial charge is 0.337 e. The highest BCUT2D eigenvalue weighted by Gasteiger charge is 2.18. The molecule has 1 amide bonds. The van der Waals surface area contributed by atoms with Gasteiger partial charge in [-0.15, -0.1) is 11.3 Å². The van der Waals surface area contributed by atoms with Crippen LogP contribution in [-0.2, 0) is 9.53 Å². The molecule has 1 aromatic heterocycles. The van der Waals surface area contributed by atoms with E-state index >= 15 is 0 Å². The van der Waals surface area contributed by atoms with Crippen LogP contribution in [-0.4, -0.2) is 19.0 Å². The summed E-state index contributed by atoms with van der Waals surface area (Å²) in [6.45, 7) is 1.80. The number of carbonyl (C=O) groups is 2. The third-order valence-corrected chi connectivity index (χ3v) is 3.99. The Morgan fingerprint density at radius 3 is 2.67 bits per heavy atom. The van der Waals surface area contributed by atoms with E-state index in [1.165, 1.54) is 18.4 Å². The summed E-state index contributed by atoms with van der Waals surface area (Å²) in [6.07, 6.45) is 0. The quantitative estimate of drug-likeness (QED) is 0.850. The molecular weight excluding hydrogens is 288 g/mol. The molecule has 6 heteroatoms. The lowest BCUT2D eigenvalue weighted by Gasteiger charge is -2.13.